The third kappa shape index (κ3) is 3.58. The van der Waals surface area contributed by atoms with Crippen LogP contribution in [0.4, 0.5) is 13.2 Å². The summed E-state index contributed by atoms with van der Waals surface area (Å²) in [5.41, 5.74) is 0.0262. The summed E-state index contributed by atoms with van der Waals surface area (Å²) in [4.78, 5) is 22.1. The number of Topliss-reactive ketones (excluding diaryl/α,β-unsaturated/α-hetero) is 1. The maximum atomic E-state index is 13.1. The highest BCUT2D eigenvalue weighted by atomic mass is 32.1. The predicted octanol–water partition coefficient (Wildman–Crippen LogP) is 4.21. The van der Waals surface area contributed by atoms with Crippen LogP contribution >= 0.6 is 11.5 Å². The van der Waals surface area contributed by atoms with Gasteiger partial charge in [0.05, 0.1) is 12.3 Å². The largest absolute Gasteiger partial charge is 0.462 e. The summed E-state index contributed by atoms with van der Waals surface area (Å²) < 4.78 is 47.7. The first-order chi connectivity index (χ1) is 10.8. The number of nitrogens with zero attached hydrogens (tertiary/aromatic N) is 1. The number of rotatable bonds is 4. The number of hydrogen-bond acceptors (Lipinski definition) is 5. The highest BCUT2D eigenvalue weighted by molar-refractivity contribution is 7.06. The molecule has 0 saturated heterocycles. The van der Waals surface area contributed by atoms with Crippen LogP contribution in [0.5, 0.6) is 0 Å². The monoisotopic (exact) mass is 343 g/mol. The van der Waals surface area contributed by atoms with Crippen LogP contribution in [0.15, 0.2) is 24.3 Å². The predicted molar refractivity (Wildman–Crippen MR) is 78.5 cm³/mol. The molecule has 0 saturated carbocycles. The maximum Gasteiger partial charge on any atom is 0.428 e. The number of ketones is 1. The van der Waals surface area contributed by atoms with E-state index in [1.54, 1.807) is 0 Å². The first kappa shape index (κ1) is 17.1. The van der Waals surface area contributed by atoms with E-state index in [2.05, 4.69) is 4.37 Å². The molecule has 0 unspecified atom stereocenters. The van der Waals surface area contributed by atoms with E-state index in [9.17, 15) is 22.8 Å². The molecule has 0 bridgehead atoms. The fourth-order valence-electron chi connectivity index (χ4n) is 1.94. The third-order valence-electron chi connectivity index (χ3n) is 2.99. The smallest absolute Gasteiger partial charge is 0.428 e. The Morgan fingerprint density at radius 1 is 1.22 bits per heavy atom. The van der Waals surface area contributed by atoms with Crippen molar-refractivity contribution in [3.05, 3.63) is 40.3 Å². The van der Waals surface area contributed by atoms with Crippen LogP contribution in [-0.4, -0.2) is 22.7 Å². The minimum atomic E-state index is -4.70. The molecule has 0 atom stereocenters. The first-order valence-electron chi connectivity index (χ1n) is 6.61. The highest BCUT2D eigenvalue weighted by Crippen LogP contribution is 2.40. The summed E-state index contributed by atoms with van der Waals surface area (Å²) in [7, 11) is 0. The lowest BCUT2D eigenvalue weighted by atomic mass is 10.0. The highest BCUT2D eigenvalue weighted by Gasteiger charge is 2.40. The van der Waals surface area contributed by atoms with Crippen molar-refractivity contribution in [1.82, 2.24) is 4.37 Å². The van der Waals surface area contributed by atoms with Crippen molar-refractivity contribution in [3.63, 3.8) is 0 Å². The van der Waals surface area contributed by atoms with Gasteiger partial charge in [-0.15, -0.1) is 0 Å². The average molecular weight is 343 g/mol. The van der Waals surface area contributed by atoms with Gasteiger partial charge >= 0.3 is 12.1 Å². The van der Waals surface area contributed by atoms with Gasteiger partial charge in [0.2, 0.25) is 0 Å². The Kier molecular flexibility index (Phi) is 4.84. The zero-order valence-electron chi connectivity index (χ0n) is 12.2. The third-order valence-corrected chi connectivity index (χ3v) is 3.89. The van der Waals surface area contributed by atoms with E-state index in [1.165, 1.54) is 38.1 Å². The van der Waals surface area contributed by atoms with Gasteiger partial charge in [0.1, 0.15) is 10.4 Å². The van der Waals surface area contributed by atoms with Crippen LogP contribution in [0.1, 0.15) is 39.4 Å². The number of hydrogen-bond donors (Lipinski definition) is 0. The van der Waals surface area contributed by atoms with Gasteiger partial charge in [-0.3, -0.25) is 4.79 Å². The molecule has 0 spiro atoms. The molecule has 0 aliphatic rings. The van der Waals surface area contributed by atoms with Gasteiger partial charge in [0.15, 0.2) is 5.78 Å². The van der Waals surface area contributed by atoms with Gasteiger partial charge in [-0.2, -0.15) is 17.5 Å². The normalized spacial score (nSPS) is 11.3. The quantitative estimate of drug-likeness (QED) is 0.616. The molecule has 1 aromatic heterocycles. The maximum absolute atomic E-state index is 13.1. The van der Waals surface area contributed by atoms with Crippen LogP contribution < -0.4 is 0 Å². The molecule has 1 heterocycles. The molecule has 4 nitrogen and oxygen atoms in total. The molecule has 122 valence electrons. The topological polar surface area (TPSA) is 56.3 Å². The van der Waals surface area contributed by atoms with Crippen LogP contribution in [0.3, 0.4) is 0 Å². The van der Waals surface area contributed by atoms with Crippen LogP contribution in [0, 0.1) is 0 Å². The summed E-state index contributed by atoms with van der Waals surface area (Å²) in [6.07, 6.45) is -4.70. The van der Waals surface area contributed by atoms with E-state index in [-0.39, 0.29) is 29.6 Å². The summed E-state index contributed by atoms with van der Waals surface area (Å²) >= 11 is 0.200. The van der Waals surface area contributed by atoms with Crippen LogP contribution in [-0.2, 0) is 10.9 Å². The molecule has 0 aliphatic carbocycles. The van der Waals surface area contributed by atoms with Crippen molar-refractivity contribution >= 4 is 23.3 Å². The van der Waals surface area contributed by atoms with Gasteiger partial charge < -0.3 is 4.74 Å². The standard InChI is InChI=1S/C15H12F3NO3S/c1-3-22-14(21)11-12(19-23-13(11)15(16,17)18)10-6-4-9(5-7-10)8(2)20/h4-7H,3H2,1-2H3. The summed E-state index contributed by atoms with van der Waals surface area (Å²) in [5, 5.41) is 0. The molecular weight excluding hydrogens is 331 g/mol. The first-order valence-corrected chi connectivity index (χ1v) is 7.38. The van der Waals surface area contributed by atoms with Crippen LogP contribution in [0.2, 0.25) is 0 Å². The van der Waals surface area contributed by atoms with Crippen molar-refractivity contribution in [1.29, 1.82) is 0 Å². The Morgan fingerprint density at radius 3 is 2.30 bits per heavy atom. The molecule has 0 amide bonds. The second-order valence-corrected chi connectivity index (χ2v) is 5.36. The van der Waals surface area contributed by atoms with E-state index < -0.39 is 22.6 Å². The average Bonchev–Trinajstić information content (AvgIpc) is 2.92. The van der Waals surface area contributed by atoms with Crippen molar-refractivity contribution in [2.75, 3.05) is 6.61 Å². The number of benzene rings is 1. The molecule has 2 aromatic rings. The number of halogens is 3. The molecule has 0 fully saturated rings. The number of esters is 1. The van der Waals surface area contributed by atoms with E-state index in [1.807, 2.05) is 0 Å². The molecule has 23 heavy (non-hydrogen) atoms. The Labute approximate surface area is 134 Å². The second kappa shape index (κ2) is 6.49. The van der Waals surface area contributed by atoms with E-state index in [0.717, 1.165) is 0 Å². The Bertz CT molecular complexity index is 735. The van der Waals surface area contributed by atoms with Gasteiger partial charge in [-0.1, -0.05) is 24.3 Å². The lowest BCUT2D eigenvalue weighted by Gasteiger charge is -2.08. The molecule has 0 radical (unpaired) electrons. The molecule has 8 heteroatoms. The van der Waals surface area contributed by atoms with Gasteiger partial charge in [0, 0.05) is 11.1 Å². The molecule has 0 N–H and O–H groups in total. The van der Waals surface area contributed by atoms with Crippen molar-refractivity contribution < 1.29 is 27.5 Å². The van der Waals surface area contributed by atoms with Gasteiger partial charge in [0.25, 0.3) is 0 Å². The van der Waals surface area contributed by atoms with Gasteiger partial charge in [-0.05, 0) is 25.4 Å². The van der Waals surface area contributed by atoms with Crippen molar-refractivity contribution in [2.24, 2.45) is 0 Å². The zero-order valence-corrected chi connectivity index (χ0v) is 13.0. The van der Waals surface area contributed by atoms with Crippen LogP contribution in [0.25, 0.3) is 11.3 Å². The number of alkyl halides is 3. The number of ether oxygens (including phenoxy) is 1. The van der Waals surface area contributed by atoms with E-state index in [4.69, 9.17) is 4.74 Å². The summed E-state index contributed by atoms with van der Waals surface area (Å²) in [6, 6.07) is 5.85. The zero-order chi connectivity index (χ0) is 17.2. The number of carbonyl (C=O) groups excluding carboxylic acids is 2. The minimum absolute atomic E-state index is 0.0469. The molecule has 1 aromatic carbocycles. The van der Waals surface area contributed by atoms with E-state index in [0.29, 0.717) is 11.1 Å². The van der Waals surface area contributed by atoms with Crippen molar-refractivity contribution in [2.45, 2.75) is 20.0 Å². The SMILES string of the molecule is CCOC(=O)c1c(-c2ccc(C(C)=O)cc2)nsc1C(F)(F)F. The molecular formula is C15H12F3NO3S. The Hall–Kier alpha value is -2.22. The Morgan fingerprint density at radius 2 is 1.83 bits per heavy atom. The lowest BCUT2D eigenvalue weighted by Crippen LogP contribution is -2.13. The molecule has 0 aliphatic heterocycles. The van der Waals surface area contributed by atoms with Gasteiger partial charge in [-0.25, -0.2) is 4.79 Å². The minimum Gasteiger partial charge on any atom is -0.462 e. The Balaban J connectivity index is 2.56. The number of aromatic nitrogens is 1. The van der Waals surface area contributed by atoms with E-state index >= 15 is 0 Å². The second-order valence-electron chi connectivity index (χ2n) is 4.59. The fourth-order valence-corrected chi connectivity index (χ4v) is 2.69. The summed E-state index contributed by atoms with van der Waals surface area (Å²) in [6.45, 7) is 2.84. The summed E-state index contributed by atoms with van der Waals surface area (Å²) in [5.74, 6) is -1.24. The lowest BCUT2D eigenvalue weighted by molar-refractivity contribution is -0.134. The number of carbonyl (C=O) groups is 2. The fraction of sp³-hybridized carbons (Fsp3) is 0.267. The van der Waals surface area contributed by atoms with Crippen molar-refractivity contribution in [3.8, 4) is 11.3 Å². The molecule has 2 rings (SSSR count).